The van der Waals surface area contributed by atoms with Crippen LogP contribution in [-0.2, 0) is 6.42 Å². The first kappa shape index (κ1) is 12.0. The Morgan fingerprint density at radius 2 is 2.31 bits per heavy atom. The third-order valence-corrected chi connectivity index (χ3v) is 4.67. The molecular formula is C12H20N2OS. The molecule has 1 aromatic rings. The van der Waals surface area contributed by atoms with Crippen LogP contribution in [0.4, 0.5) is 0 Å². The van der Waals surface area contributed by atoms with Crippen molar-refractivity contribution in [2.24, 2.45) is 5.84 Å². The molecule has 0 saturated heterocycles. The van der Waals surface area contributed by atoms with Crippen LogP contribution in [0.15, 0.2) is 23.0 Å². The Hall–Kier alpha value is -0.450. The minimum Gasteiger partial charge on any atom is -0.472 e. The van der Waals surface area contributed by atoms with Crippen LogP contribution >= 0.6 is 11.8 Å². The summed E-state index contributed by atoms with van der Waals surface area (Å²) in [4.78, 5) is 0. The fraction of sp³-hybridized carbons (Fsp3) is 0.667. The smallest absolute Gasteiger partial charge is 0.0935 e. The van der Waals surface area contributed by atoms with Gasteiger partial charge in [-0.15, -0.1) is 0 Å². The van der Waals surface area contributed by atoms with Gasteiger partial charge < -0.3 is 4.42 Å². The van der Waals surface area contributed by atoms with Gasteiger partial charge in [0, 0.05) is 17.0 Å². The number of rotatable bonds is 6. The molecule has 0 bridgehead atoms. The fourth-order valence-electron chi connectivity index (χ4n) is 2.17. The Balaban J connectivity index is 1.72. The second-order valence-corrected chi connectivity index (χ2v) is 5.77. The molecule has 90 valence electrons. The third-order valence-electron chi connectivity index (χ3n) is 3.13. The maximum absolute atomic E-state index is 5.58. The summed E-state index contributed by atoms with van der Waals surface area (Å²) in [6, 6.07) is 2.35. The topological polar surface area (TPSA) is 51.2 Å². The lowest BCUT2D eigenvalue weighted by molar-refractivity contribution is 0.547. The molecule has 2 rings (SSSR count). The van der Waals surface area contributed by atoms with Gasteiger partial charge in [0.2, 0.25) is 0 Å². The first-order valence-corrected chi connectivity index (χ1v) is 7.02. The number of hydrogen-bond donors (Lipinski definition) is 2. The fourth-order valence-corrected chi connectivity index (χ4v) is 3.55. The number of nitrogens with two attached hydrogens (primary N) is 1. The van der Waals surface area contributed by atoms with Gasteiger partial charge >= 0.3 is 0 Å². The lowest BCUT2D eigenvalue weighted by atomic mass is 10.1. The van der Waals surface area contributed by atoms with Gasteiger partial charge in [-0.2, -0.15) is 11.8 Å². The highest BCUT2D eigenvalue weighted by Gasteiger charge is 2.17. The summed E-state index contributed by atoms with van der Waals surface area (Å²) in [5.41, 5.74) is 4.12. The standard InChI is InChI=1S/C12H20N2OS/c13-14-11(7-10-5-6-15-8-10)9-16-12-3-1-2-4-12/h5-6,8,11-12,14H,1-4,7,9,13H2. The first-order valence-electron chi connectivity index (χ1n) is 5.97. The highest BCUT2D eigenvalue weighted by molar-refractivity contribution is 7.99. The van der Waals surface area contributed by atoms with Crippen LogP contribution in [0.5, 0.6) is 0 Å². The van der Waals surface area contributed by atoms with Crippen molar-refractivity contribution >= 4 is 11.8 Å². The van der Waals surface area contributed by atoms with Crippen molar-refractivity contribution < 1.29 is 4.42 Å². The minimum atomic E-state index is 0.350. The molecule has 1 saturated carbocycles. The maximum Gasteiger partial charge on any atom is 0.0935 e. The van der Waals surface area contributed by atoms with Gasteiger partial charge in [-0.05, 0) is 30.9 Å². The molecule has 16 heavy (non-hydrogen) atoms. The summed E-state index contributed by atoms with van der Waals surface area (Å²) in [5, 5.41) is 0.861. The molecular weight excluding hydrogens is 220 g/mol. The summed E-state index contributed by atoms with van der Waals surface area (Å²) in [7, 11) is 0. The van der Waals surface area contributed by atoms with E-state index < -0.39 is 0 Å². The zero-order chi connectivity index (χ0) is 11.2. The normalized spacial score (nSPS) is 19.1. The Kier molecular flexibility index (Phi) is 4.75. The number of furan rings is 1. The lowest BCUT2D eigenvalue weighted by Gasteiger charge is -2.17. The van der Waals surface area contributed by atoms with E-state index in [1.165, 1.54) is 31.2 Å². The molecule has 1 unspecified atom stereocenters. The predicted molar refractivity (Wildman–Crippen MR) is 68.2 cm³/mol. The SMILES string of the molecule is NNC(CSC1CCCC1)Cc1ccoc1. The summed E-state index contributed by atoms with van der Waals surface area (Å²) in [6.07, 6.45) is 10.0. The maximum atomic E-state index is 5.58. The summed E-state index contributed by atoms with van der Waals surface area (Å²) in [6.45, 7) is 0. The Morgan fingerprint density at radius 1 is 1.50 bits per heavy atom. The molecule has 1 atom stereocenters. The van der Waals surface area contributed by atoms with Crippen LogP contribution in [0, 0.1) is 0 Å². The van der Waals surface area contributed by atoms with Crippen LogP contribution in [0.2, 0.25) is 0 Å². The van der Waals surface area contributed by atoms with E-state index in [-0.39, 0.29) is 0 Å². The van der Waals surface area contributed by atoms with Gasteiger partial charge in [-0.1, -0.05) is 12.8 Å². The molecule has 0 aliphatic heterocycles. The predicted octanol–water partition coefficient (Wildman–Crippen LogP) is 2.33. The van der Waals surface area contributed by atoms with Gasteiger partial charge in [0.1, 0.15) is 0 Å². The molecule has 1 aliphatic carbocycles. The molecule has 0 spiro atoms. The molecule has 1 aromatic heterocycles. The van der Waals surface area contributed by atoms with Gasteiger partial charge in [0.15, 0.2) is 0 Å². The van der Waals surface area contributed by atoms with Crippen molar-refractivity contribution in [1.29, 1.82) is 0 Å². The lowest BCUT2D eigenvalue weighted by Crippen LogP contribution is -2.39. The van der Waals surface area contributed by atoms with E-state index in [1.54, 1.807) is 12.5 Å². The first-order chi connectivity index (χ1) is 7.88. The van der Waals surface area contributed by atoms with Crippen molar-refractivity contribution in [3.63, 3.8) is 0 Å². The van der Waals surface area contributed by atoms with E-state index in [4.69, 9.17) is 10.3 Å². The zero-order valence-electron chi connectivity index (χ0n) is 9.52. The van der Waals surface area contributed by atoms with Gasteiger partial charge in [-0.25, -0.2) is 0 Å². The minimum absolute atomic E-state index is 0.350. The van der Waals surface area contributed by atoms with Crippen LogP contribution in [-0.4, -0.2) is 17.0 Å². The van der Waals surface area contributed by atoms with Gasteiger partial charge in [-0.3, -0.25) is 11.3 Å². The number of thioether (sulfide) groups is 1. The van der Waals surface area contributed by atoms with Crippen LogP contribution in [0.3, 0.4) is 0 Å². The van der Waals surface area contributed by atoms with Crippen LogP contribution in [0.1, 0.15) is 31.2 Å². The van der Waals surface area contributed by atoms with Crippen molar-refractivity contribution in [2.45, 2.75) is 43.4 Å². The molecule has 3 N–H and O–H groups in total. The average molecular weight is 240 g/mol. The zero-order valence-corrected chi connectivity index (χ0v) is 10.3. The van der Waals surface area contributed by atoms with Crippen molar-refractivity contribution in [3.05, 3.63) is 24.2 Å². The van der Waals surface area contributed by atoms with E-state index in [1.807, 2.05) is 6.07 Å². The highest BCUT2D eigenvalue weighted by Crippen LogP contribution is 2.29. The van der Waals surface area contributed by atoms with E-state index in [2.05, 4.69) is 17.2 Å². The largest absolute Gasteiger partial charge is 0.472 e. The Morgan fingerprint density at radius 3 is 2.94 bits per heavy atom. The van der Waals surface area contributed by atoms with Gasteiger partial charge in [0.25, 0.3) is 0 Å². The molecule has 4 heteroatoms. The molecule has 1 fully saturated rings. The summed E-state index contributed by atoms with van der Waals surface area (Å²) in [5.74, 6) is 6.67. The quantitative estimate of drug-likeness (QED) is 0.592. The Labute approximate surface area is 101 Å². The van der Waals surface area contributed by atoms with Crippen LogP contribution < -0.4 is 11.3 Å². The van der Waals surface area contributed by atoms with Crippen LogP contribution in [0.25, 0.3) is 0 Å². The average Bonchev–Trinajstić information content (AvgIpc) is 2.97. The summed E-state index contributed by atoms with van der Waals surface area (Å²) >= 11 is 2.07. The molecule has 0 radical (unpaired) electrons. The monoisotopic (exact) mass is 240 g/mol. The van der Waals surface area contributed by atoms with Crippen molar-refractivity contribution in [3.8, 4) is 0 Å². The van der Waals surface area contributed by atoms with Crippen molar-refractivity contribution in [1.82, 2.24) is 5.43 Å². The second kappa shape index (κ2) is 6.33. The molecule has 0 aromatic carbocycles. The number of hydrazine groups is 1. The van der Waals surface area contributed by atoms with Gasteiger partial charge in [0.05, 0.1) is 12.5 Å². The van der Waals surface area contributed by atoms with E-state index >= 15 is 0 Å². The van der Waals surface area contributed by atoms with E-state index in [0.717, 1.165) is 17.4 Å². The molecule has 1 heterocycles. The van der Waals surface area contributed by atoms with E-state index in [9.17, 15) is 0 Å². The molecule has 1 aliphatic rings. The molecule has 0 amide bonds. The van der Waals surface area contributed by atoms with Crippen molar-refractivity contribution in [2.75, 3.05) is 5.75 Å². The highest BCUT2D eigenvalue weighted by atomic mass is 32.2. The Bertz CT molecular complexity index is 283. The third kappa shape index (κ3) is 3.54. The second-order valence-electron chi connectivity index (χ2n) is 4.44. The summed E-state index contributed by atoms with van der Waals surface area (Å²) < 4.78 is 5.06. The number of hydrogen-bond acceptors (Lipinski definition) is 4. The molecule has 3 nitrogen and oxygen atoms in total. The number of nitrogens with one attached hydrogen (secondary N) is 1. The van der Waals surface area contributed by atoms with E-state index in [0.29, 0.717) is 6.04 Å².